The van der Waals surface area contributed by atoms with Crippen molar-refractivity contribution in [3.8, 4) is 0 Å². The van der Waals surface area contributed by atoms with Crippen LogP contribution in [0.15, 0.2) is 0 Å². The summed E-state index contributed by atoms with van der Waals surface area (Å²) in [6.07, 6.45) is 4.97. The van der Waals surface area contributed by atoms with E-state index in [4.69, 9.17) is 0 Å². The van der Waals surface area contributed by atoms with Crippen LogP contribution >= 0.6 is 0 Å². The van der Waals surface area contributed by atoms with Crippen LogP contribution in [0.4, 0.5) is 0 Å². The molecule has 102 valence electrons. The third-order valence-corrected chi connectivity index (χ3v) is 4.25. The van der Waals surface area contributed by atoms with Gasteiger partial charge in [0.05, 0.1) is 0 Å². The van der Waals surface area contributed by atoms with E-state index >= 15 is 0 Å². The van der Waals surface area contributed by atoms with E-state index < -0.39 is 5.54 Å². The summed E-state index contributed by atoms with van der Waals surface area (Å²) in [6.45, 7) is 6.46. The Morgan fingerprint density at radius 1 is 1.17 bits per heavy atom. The summed E-state index contributed by atoms with van der Waals surface area (Å²) >= 11 is 0. The second kappa shape index (κ2) is 4.90. The van der Waals surface area contributed by atoms with Crippen LogP contribution in [0.2, 0.25) is 0 Å². The lowest BCUT2D eigenvalue weighted by molar-refractivity contribution is -0.140. The highest BCUT2D eigenvalue weighted by atomic mass is 16.2. The molecule has 0 aromatic heterocycles. The molecule has 1 aliphatic carbocycles. The first kappa shape index (κ1) is 13.4. The summed E-state index contributed by atoms with van der Waals surface area (Å²) in [4.78, 5) is 26.1. The van der Waals surface area contributed by atoms with Gasteiger partial charge in [-0.2, -0.15) is 0 Å². The number of nitrogens with one attached hydrogen (secondary N) is 1. The zero-order valence-corrected chi connectivity index (χ0v) is 11.7. The lowest BCUT2D eigenvalue weighted by Gasteiger charge is -2.38. The van der Waals surface area contributed by atoms with Gasteiger partial charge in [-0.15, -0.1) is 0 Å². The summed E-state index contributed by atoms with van der Waals surface area (Å²) < 4.78 is 0. The Labute approximate surface area is 109 Å². The Balaban J connectivity index is 2.11. The molecule has 1 heterocycles. The summed E-state index contributed by atoms with van der Waals surface area (Å²) in [5.74, 6) is 0.837. The van der Waals surface area contributed by atoms with Gasteiger partial charge in [0.1, 0.15) is 5.54 Å². The lowest BCUT2D eigenvalue weighted by Crippen LogP contribution is -2.55. The predicted octanol–water partition coefficient (Wildman–Crippen LogP) is 1.69. The fourth-order valence-electron chi connectivity index (χ4n) is 3.05. The Morgan fingerprint density at radius 2 is 1.78 bits per heavy atom. The molecule has 2 aliphatic rings. The molecule has 1 saturated carbocycles. The molecule has 0 aromatic rings. The number of rotatable bonds is 1. The first-order chi connectivity index (χ1) is 8.40. The molecule has 2 rings (SSSR count). The Kier molecular flexibility index (Phi) is 3.64. The third kappa shape index (κ3) is 2.68. The molecule has 0 bridgehead atoms. The largest absolute Gasteiger partial charge is 0.342 e. The second-order valence-corrected chi connectivity index (χ2v) is 6.34. The topological polar surface area (TPSA) is 49.4 Å². The van der Waals surface area contributed by atoms with Gasteiger partial charge in [-0.1, -0.05) is 6.92 Å². The van der Waals surface area contributed by atoms with Gasteiger partial charge >= 0.3 is 0 Å². The van der Waals surface area contributed by atoms with Crippen LogP contribution in [-0.4, -0.2) is 34.8 Å². The van der Waals surface area contributed by atoms with E-state index in [0.717, 1.165) is 18.8 Å². The first-order valence-corrected chi connectivity index (χ1v) is 7.02. The maximum Gasteiger partial charge on any atom is 0.248 e. The highest BCUT2D eigenvalue weighted by Gasteiger charge is 2.39. The van der Waals surface area contributed by atoms with Crippen LogP contribution in [0, 0.1) is 5.92 Å². The van der Waals surface area contributed by atoms with Crippen LogP contribution in [0.1, 0.15) is 52.9 Å². The summed E-state index contributed by atoms with van der Waals surface area (Å²) in [5, 5.41) is 2.82. The molecule has 1 aliphatic heterocycles. The normalized spacial score (nSPS) is 32.9. The van der Waals surface area contributed by atoms with Crippen molar-refractivity contribution in [2.75, 3.05) is 6.54 Å². The number of carbonyl (C=O) groups is 2. The van der Waals surface area contributed by atoms with Crippen LogP contribution in [0.25, 0.3) is 0 Å². The van der Waals surface area contributed by atoms with Gasteiger partial charge in [0.25, 0.3) is 0 Å². The van der Waals surface area contributed by atoms with Gasteiger partial charge < -0.3 is 10.2 Å². The molecule has 1 N–H and O–H groups in total. The van der Waals surface area contributed by atoms with Gasteiger partial charge in [-0.05, 0) is 45.4 Å². The number of nitrogens with zero attached hydrogens (tertiary/aromatic N) is 1. The monoisotopic (exact) mass is 252 g/mol. The van der Waals surface area contributed by atoms with Crippen molar-refractivity contribution in [2.45, 2.75) is 64.5 Å². The molecule has 2 fully saturated rings. The number of amides is 2. The van der Waals surface area contributed by atoms with Gasteiger partial charge in [0, 0.05) is 19.0 Å². The molecule has 2 amide bonds. The lowest BCUT2D eigenvalue weighted by atomic mass is 9.86. The second-order valence-electron chi connectivity index (χ2n) is 6.34. The van der Waals surface area contributed by atoms with Crippen LogP contribution in [0.3, 0.4) is 0 Å². The Morgan fingerprint density at radius 3 is 2.39 bits per heavy atom. The highest BCUT2D eigenvalue weighted by molar-refractivity contribution is 5.93. The highest BCUT2D eigenvalue weighted by Crippen LogP contribution is 2.29. The molecule has 0 atom stereocenters. The molecule has 0 aromatic carbocycles. The Bertz CT molecular complexity index is 344. The maximum absolute atomic E-state index is 12.5. The minimum atomic E-state index is -0.753. The maximum atomic E-state index is 12.5. The van der Waals surface area contributed by atoms with Crippen LogP contribution in [0.5, 0.6) is 0 Å². The molecule has 18 heavy (non-hydrogen) atoms. The van der Waals surface area contributed by atoms with Crippen molar-refractivity contribution in [3.63, 3.8) is 0 Å². The first-order valence-electron chi connectivity index (χ1n) is 7.02. The molecular weight excluding hydrogens is 228 g/mol. The number of carbonyl (C=O) groups excluding carboxylic acids is 2. The fourth-order valence-corrected chi connectivity index (χ4v) is 3.05. The standard InChI is InChI=1S/C14H24N2O2/c1-10-4-6-11(7-5-10)16-9-8-12(17)15-14(2,3)13(16)18/h10-11H,4-9H2,1-3H3,(H,15,17). The molecule has 4 heteroatoms. The molecule has 0 unspecified atom stereocenters. The average Bonchev–Trinajstić information content (AvgIpc) is 2.39. The molecule has 1 saturated heterocycles. The minimum Gasteiger partial charge on any atom is -0.342 e. The van der Waals surface area contributed by atoms with Crippen molar-refractivity contribution in [3.05, 3.63) is 0 Å². The summed E-state index contributed by atoms with van der Waals surface area (Å²) in [6, 6.07) is 0.334. The van der Waals surface area contributed by atoms with Crippen LogP contribution < -0.4 is 5.32 Å². The molecule has 0 spiro atoms. The van der Waals surface area contributed by atoms with Crippen molar-refractivity contribution in [2.24, 2.45) is 5.92 Å². The van der Waals surface area contributed by atoms with E-state index in [9.17, 15) is 9.59 Å². The van der Waals surface area contributed by atoms with Crippen molar-refractivity contribution in [1.29, 1.82) is 0 Å². The van der Waals surface area contributed by atoms with Crippen molar-refractivity contribution < 1.29 is 9.59 Å². The number of hydrogen-bond acceptors (Lipinski definition) is 2. The molecular formula is C14H24N2O2. The van der Waals surface area contributed by atoms with E-state index in [0.29, 0.717) is 19.0 Å². The quantitative estimate of drug-likeness (QED) is 0.772. The van der Waals surface area contributed by atoms with E-state index in [1.54, 1.807) is 13.8 Å². The Hall–Kier alpha value is -1.06. The van der Waals surface area contributed by atoms with E-state index in [-0.39, 0.29) is 11.8 Å². The van der Waals surface area contributed by atoms with E-state index in [2.05, 4.69) is 12.2 Å². The zero-order valence-electron chi connectivity index (χ0n) is 11.7. The van der Waals surface area contributed by atoms with Gasteiger partial charge in [-0.25, -0.2) is 0 Å². The van der Waals surface area contributed by atoms with Gasteiger partial charge in [0.15, 0.2) is 0 Å². The fraction of sp³-hybridized carbons (Fsp3) is 0.857. The van der Waals surface area contributed by atoms with Crippen LogP contribution in [-0.2, 0) is 9.59 Å². The smallest absolute Gasteiger partial charge is 0.248 e. The van der Waals surface area contributed by atoms with Gasteiger partial charge in [0.2, 0.25) is 11.8 Å². The summed E-state index contributed by atoms with van der Waals surface area (Å²) in [5.41, 5.74) is -0.753. The van der Waals surface area contributed by atoms with Gasteiger partial charge in [-0.3, -0.25) is 9.59 Å². The third-order valence-electron chi connectivity index (χ3n) is 4.25. The molecule has 4 nitrogen and oxygen atoms in total. The van der Waals surface area contributed by atoms with E-state index in [1.807, 2.05) is 4.90 Å². The van der Waals surface area contributed by atoms with Crippen molar-refractivity contribution >= 4 is 11.8 Å². The van der Waals surface area contributed by atoms with E-state index in [1.165, 1.54) is 12.8 Å². The SMILES string of the molecule is CC1CCC(N2CCC(=O)NC(C)(C)C2=O)CC1. The summed E-state index contributed by atoms with van der Waals surface area (Å²) in [7, 11) is 0. The van der Waals surface area contributed by atoms with Crippen molar-refractivity contribution in [1.82, 2.24) is 10.2 Å². The predicted molar refractivity (Wildman–Crippen MR) is 70.0 cm³/mol. The molecule has 0 radical (unpaired) electrons. The average molecular weight is 252 g/mol. The zero-order chi connectivity index (χ0) is 13.3. The number of hydrogen-bond donors (Lipinski definition) is 1. The minimum absolute atomic E-state index is 0.0139.